The van der Waals surface area contributed by atoms with Gasteiger partial charge in [0.25, 0.3) is 0 Å². The van der Waals surface area contributed by atoms with E-state index < -0.39 is 5.82 Å². The van der Waals surface area contributed by atoms with Gasteiger partial charge in [-0.15, -0.1) is 0 Å². The first-order valence-corrected chi connectivity index (χ1v) is 7.46. The van der Waals surface area contributed by atoms with Crippen molar-refractivity contribution in [3.05, 3.63) is 29.6 Å². The second-order valence-electron chi connectivity index (χ2n) is 5.67. The molecule has 1 atom stereocenters. The van der Waals surface area contributed by atoms with Crippen LogP contribution in [0.5, 0.6) is 5.75 Å². The molecular weight excluding hydrogens is 287 g/mol. The molecular formula is C16H23FN2O3. The molecule has 1 heterocycles. The summed E-state index contributed by atoms with van der Waals surface area (Å²) in [5, 5.41) is 9.28. The van der Waals surface area contributed by atoms with Crippen LogP contribution in [0.25, 0.3) is 0 Å². The van der Waals surface area contributed by atoms with Crippen LogP contribution in [0, 0.1) is 5.82 Å². The van der Waals surface area contributed by atoms with Crippen molar-refractivity contribution in [2.45, 2.75) is 25.4 Å². The third kappa shape index (κ3) is 3.96. The van der Waals surface area contributed by atoms with E-state index in [4.69, 9.17) is 4.74 Å². The molecule has 122 valence electrons. The van der Waals surface area contributed by atoms with Gasteiger partial charge in [-0.1, -0.05) is 6.07 Å². The Morgan fingerprint density at radius 2 is 2.32 bits per heavy atom. The summed E-state index contributed by atoms with van der Waals surface area (Å²) in [6.45, 7) is 1.56. The summed E-state index contributed by atoms with van der Waals surface area (Å²) in [5.74, 6) is -0.266. The molecule has 0 aliphatic carbocycles. The number of likely N-dealkylation sites (N-methyl/N-ethyl adjacent to an activating group) is 1. The molecule has 0 unspecified atom stereocenters. The summed E-state index contributed by atoms with van der Waals surface area (Å²) < 4.78 is 18.5. The smallest absolute Gasteiger partial charge is 0.236 e. The van der Waals surface area contributed by atoms with E-state index >= 15 is 0 Å². The average molecular weight is 310 g/mol. The van der Waals surface area contributed by atoms with Crippen molar-refractivity contribution in [1.82, 2.24) is 9.80 Å². The number of aliphatic hydroxyl groups excluding tert-OH is 1. The number of halogens is 1. The monoisotopic (exact) mass is 310 g/mol. The molecule has 1 aromatic rings. The molecule has 2 rings (SSSR count). The fraction of sp³-hybridized carbons (Fsp3) is 0.562. The van der Waals surface area contributed by atoms with E-state index in [-0.39, 0.29) is 24.3 Å². The van der Waals surface area contributed by atoms with Crippen molar-refractivity contribution in [1.29, 1.82) is 0 Å². The number of methoxy groups -OCH3 is 1. The molecule has 1 aliphatic rings. The molecule has 0 saturated carbocycles. The van der Waals surface area contributed by atoms with Crippen LogP contribution in [-0.4, -0.2) is 60.7 Å². The van der Waals surface area contributed by atoms with Crippen molar-refractivity contribution >= 4 is 5.91 Å². The molecule has 1 N–H and O–H groups in total. The molecule has 1 aromatic carbocycles. The number of benzene rings is 1. The summed E-state index contributed by atoms with van der Waals surface area (Å²) >= 11 is 0. The fourth-order valence-corrected chi connectivity index (χ4v) is 2.77. The Labute approximate surface area is 130 Å². The number of aliphatic hydroxyl groups is 1. The van der Waals surface area contributed by atoms with Gasteiger partial charge in [-0.2, -0.15) is 0 Å². The van der Waals surface area contributed by atoms with E-state index in [1.165, 1.54) is 13.2 Å². The lowest BCUT2D eigenvalue weighted by Gasteiger charge is -2.25. The molecule has 1 saturated heterocycles. The van der Waals surface area contributed by atoms with Gasteiger partial charge in [0.2, 0.25) is 5.91 Å². The Hall–Kier alpha value is -1.66. The van der Waals surface area contributed by atoms with Gasteiger partial charge in [0, 0.05) is 19.6 Å². The predicted octanol–water partition coefficient (Wildman–Crippen LogP) is 1.25. The highest BCUT2D eigenvalue weighted by Crippen LogP contribution is 2.19. The summed E-state index contributed by atoms with van der Waals surface area (Å²) in [6.07, 6.45) is 1.93. The summed E-state index contributed by atoms with van der Waals surface area (Å²) in [6, 6.07) is 4.77. The highest BCUT2D eigenvalue weighted by Gasteiger charge is 2.26. The molecule has 0 aromatic heterocycles. The Bertz CT molecular complexity index is 524. The van der Waals surface area contributed by atoms with Crippen molar-refractivity contribution in [2.24, 2.45) is 0 Å². The second-order valence-corrected chi connectivity index (χ2v) is 5.67. The number of ether oxygens (including phenoxy) is 1. The number of nitrogens with zero attached hydrogens (tertiary/aromatic N) is 2. The Morgan fingerprint density at radius 1 is 1.55 bits per heavy atom. The summed E-state index contributed by atoms with van der Waals surface area (Å²) in [5.41, 5.74) is 0.717. The average Bonchev–Trinajstić information content (AvgIpc) is 2.94. The standard InChI is InChI=1S/C16H23FN2O3/c1-18(9-12-5-6-15(22-2)14(17)8-12)16(21)10-19-7-3-4-13(19)11-20/h5-6,8,13,20H,3-4,7,9-11H2,1-2H3/t13-/m1/s1. The van der Waals surface area contributed by atoms with Crippen LogP contribution in [0.15, 0.2) is 18.2 Å². The van der Waals surface area contributed by atoms with Crippen LogP contribution in [-0.2, 0) is 11.3 Å². The minimum Gasteiger partial charge on any atom is -0.494 e. The maximum absolute atomic E-state index is 13.7. The van der Waals surface area contributed by atoms with Gasteiger partial charge >= 0.3 is 0 Å². The maximum Gasteiger partial charge on any atom is 0.236 e. The zero-order chi connectivity index (χ0) is 16.1. The van der Waals surface area contributed by atoms with Crippen molar-refractivity contribution in [3.8, 4) is 5.75 Å². The number of carbonyl (C=O) groups excluding carboxylic acids is 1. The molecule has 1 aliphatic heterocycles. The zero-order valence-corrected chi connectivity index (χ0v) is 13.1. The van der Waals surface area contributed by atoms with Gasteiger partial charge in [-0.05, 0) is 37.1 Å². The van der Waals surface area contributed by atoms with Crippen molar-refractivity contribution in [3.63, 3.8) is 0 Å². The first-order chi connectivity index (χ1) is 10.5. The van der Waals surface area contributed by atoms with E-state index in [2.05, 4.69) is 0 Å². The van der Waals surface area contributed by atoms with Crippen molar-refractivity contribution in [2.75, 3.05) is 33.9 Å². The third-order valence-corrected chi connectivity index (χ3v) is 4.11. The Morgan fingerprint density at radius 3 is 2.95 bits per heavy atom. The number of amides is 1. The highest BCUT2D eigenvalue weighted by atomic mass is 19.1. The van der Waals surface area contributed by atoms with Gasteiger partial charge < -0.3 is 14.7 Å². The Balaban J connectivity index is 1.92. The molecule has 22 heavy (non-hydrogen) atoms. The maximum atomic E-state index is 13.7. The largest absolute Gasteiger partial charge is 0.494 e. The van der Waals surface area contributed by atoms with Crippen LogP contribution in [0.4, 0.5) is 4.39 Å². The van der Waals surface area contributed by atoms with E-state index in [0.29, 0.717) is 18.7 Å². The van der Waals surface area contributed by atoms with Crippen LogP contribution in [0.3, 0.4) is 0 Å². The summed E-state index contributed by atoms with van der Waals surface area (Å²) in [7, 11) is 3.12. The van der Waals surface area contributed by atoms with E-state index in [9.17, 15) is 14.3 Å². The molecule has 0 bridgehead atoms. The van der Waals surface area contributed by atoms with Gasteiger partial charge in [0.1, 0.15) is 0 Å². The summed E-state index contributed by atoms with van der Waals surface area (Å²) in [4.78, 5) is 15.8. The topological polar surface area (TPSA) is 53.0 Å². The Kier molecular flexibility index (Phi) is 5.74. The minimum atomic E-state index is -0.430. The van der Waals surface area contributed by atoms with Gasteiger partial charge in [0.15, 0.2) is 11.6 Å². The van der Waals surface area contributed by atoms with Crippen LogP contribution >= 0.6 is 0 Å². The van der Waals surface area contributed by atoms with Crippen LogP contribution in [0.1, 0.15) is 18.4 Å². The van der Waals surface area contributed by atoms with Crippen LogP contribution < -0.4 is 4.74 Å². The first kappa shape index (κ1) is 16.7. The lowest BCUT2D eigenvalue weighted by molar-refractivity contribution is -0.132. The van der Waals surface area contributed by atoms with Gasteiger partial charge in [-0.3, -0.25) is 9.69 Å². The SMILES string of the molecule is COc1ccc(CN(C)C(=O)CN2CCC[C@@H]2CO)cc1F. The first-order valence-electron chi connectivity index (χ1n) is 7.46. The lowest BCUT2D eigenvalue weighted by Crippen LogP contribution is -2.41. The number of likely N-dealkylation sites (tertiary alicyclic amines) is 1. The highest BCUT2D eigenvalue weighted by molar-refractivity contribution is 5.78. The minimum absolute atomic E-state index is 0.0309. The molecule has 1 amide bonds. The van der Waals surface area contributed by atoms with Crippen molar-refractivity contribution < 1.29 is 19.0 Å². The quantitative estimate of drug-likeness (QED) is 0.859. The lowest BCUT2D eigenvalue weighted by atomic mass is 10.2. The third-order valence-electron chi connectivity index (χ3n) is 4.11. The second kappa shape index (κ2) is 7.56. The number of hydrogen-bond acceptors (Lipinski definition) is 4. The molecule has 0 spiro atoms. The molecule has 6 heteroatoms. The van der Waals surface area contributed by atoms with Gasteiger partial charge in [0.05, 0.1) is 20.3 Å². The zero-order valence-electron chi connectivity index (χ0n) is 13.1. The molecule has 1 fully saturated rings. The predicted molar refractivity (Wildman–Crippen MR) is 81.1 cm³/mol. The number of hydrogen-bond donors (Lipinski definition) is 1. The number of carbonyl (C=O) groups is 1. The molecule has 5 nitrogen and oxygen atoms in total. The number of rotatable bonds is 6. The van der Waals surface area contributed by atoms with E-state index in [1.54, 1.807) is 24.1 Å². The normalized spacial score (nSPS) is 18.5. The van der Waals surface area contributed by atoms with E-state index in [0.717, 1.165) is 19.4 Å². The van der Waals surface area contributed by atoms with Gasteiger partial charge in [-0.25, -0.2) is 4.39 Å². The van der Waals surface area contributed by atoms with E-state index in [1.807, 2.05) is 4.90 Å². The van der Waals surface area contributed by atoms with Crippen LogP contribution in [0.2, 0.25) is 0 Å². The fourth-order valence-electron chi connectivity index (χ4n) is 2.77. The molecule has 0 radical (unpaired) electrons.